The van der Waals surface area contributed by atoms with E-state index in [1.54, 1.807) is 4.57 Å². The van der Waals surface area contributed by atoms with Gasteiger partial charge in [0.15, 0.2) is 22.7 Å². The van der Waals surface area contributed by atoms with E-state index in [-0.39, 0.29) is 24.4 Å². The molecule has 0 atom stereocenters. The van der Waals surface area contributed by atoms with Crippen molar-refractivity contribution < 1.29 is 14.2 Å². The van der Waals surface area contributed by atoms with Crippen LogP contribution in [0, 0.1) is 0 Å². The monoisotopic (exact) mass is 588 g/mol. The molecule has 0 spiro atoms. The summed E-state index contributed by atoms with van der Waals surface area (Å²) in [6, 6.07) is 34.4. The molecule has 9 heteroatoms. The standard InChI is InChI=1S/C35H32N4O5/c1-2-42-25-37-24-36-33-32(37)34(40)38(35(41)39(33)29-16-10-5-11-17-29)21-28-18-19-30(43-22-26-12-6-3-7-13-26)31(20-28)44-23-27-14-8-4-9-15-27/h3-20,24H,2,21-23,25H2,1H3. The number of hydrogen-bond acceptors (Lipinski definition) is 6. The number of para-hydroxylation sites is 1. The fourth-order valence-corrected chi connectivity index (χ4v) is 4.95. The van der Waals surface area contributed by atoms with Crippen molar-refractivity contribution in [3.05, 3.63) is 153 Å². The number of benzene rings is 4. The summed E-state index contributed by atoms with van der Waals surface area (Å²) in [5.74, 6) is 1.08. The van der Waals surface area contributed by atoms with E-state index in [0.29, 0.717) is 42.6 Å². The minimum absolute atomic E-state index is 0.0148. The summed E-state index contributed by atoms with van der Waals surface area (Å²) in [4.78, 5) is 32.3. The Bertz CT molecular complexity index is 1970. The Kier molecular flexibility index (Phi) is 8.65. The van der Waals surface area contributed by atoms with Crippen molar-refractivity contribution in [2.45, 2.75) is 33.4 Å². The molecule has 0 bridgehead atoms. The highest BCUT2D eigenvalue weighted by Gasteiger charge is 2.20. The second kappa shape index (κ2) is 13.3. The van der Waals surface area contributed by atoms with Gasteiger partial charge in [-0.05, 0) is 47.9 Å². The fraction of sp³-hybridized carbons (Fsp3) is 0.171. The summed E-state index contributed by atoms with van der Waals surface area (Å²) in [5.41, 5.74) is 2.95. The first kappa shape index (κ1) is 28.7. The topological polar surface area (TPSA) is 89.5 Å². The number of nitrogens with zero attached hydrogens (tertiary/aromatic N) is 4. The molecule has 9 nitrogen and oxygen atoms in total. The van der Waals surface area contributed by atoms with E-state index >= 15 is 0 Å². The van der Waals surface area contributed by atoms with Crippen LogP contribution in [-0.2, 0) is 31.2 Å². The lowest BCUT2D eigenvalue weighted by Crippen LogP contribution is -2.40. The molecule has 0 amide bonds. The van der Waals surface area contributed by atoms with Crippen molar-refractivity contribution in [1.29, 1.82) is 0 Å². The zero-order valence-electron chi connectivity index (χ0n) is 24.3. The molecule has 0 radical (unpaired) electrons. The Morgan fingerprint density at radius 2 is 1.32 bits per heavy atom. The largest absolute Gasteiger partial charge is 0.485 e. The van der Waals surface area contributed by atoms with Gasteiger partial charge >= 0.3 is 5.69 Å². The molecule has 0 unspecified atom stereocenters. The Morgan fingerprint density at radius 1 is 0.705 bits per heavy atom. The van der Waals surface area contributed by atoms with Crippen LogP contribution in [0.5, 0.6) is 11.5 Å². The van der Waals surface area contributed by atoms with Gasteiger partial charge in [0.05, 0.1) is 18.6 Å². The lowest BCUT2D eigenvalue weighted by atomic mass is 10.2. The maximum absolute atomic E-state index is 13.9. The zero-order valence-corrected chi connectivity index (χ0v) is 24.3. The van der Waals surface area contributed by atoms with E-state index in [1.807, 2.05) is 116 Å². The molecule has 0 fully saturated rings. The summed E-state index contributed by atoms with van der Waals surface area (Å²) in [5, 5.41) is 0. The maximum atomic E-state index is 13.9. The fourth-order valence-electron chi connectivity index (χ4n) is 4.95. The number of imidazole rings is 1. The van der Waals surface area contributed by atoms with Crippen LogP contribution in [0.2, 0.25) is 0 Å². The number of rotatable bonds is 12. The van der Waals surface area contributed by atoms with Gasteiger partial charge in [-0.2, -0.15) is 0 Å². The normalized spacial score (nSPS) is 11.1. The van der Waals surface area contributed by atoms with Gasteiger partial charge in [0.2, 0.25) is 0 Å². The van der Waals surface area contributed by atoms with Crippen LogP contribution in [0.4, 0.5) is 0 Å². The second-order valence-corrected chi connectivity index (χ2v) is 10.2. The van der Waals surface area contributed by atoms with Gasteiger partial charge in [0, 0.05) is 6.61 Å². The average Bonchev–Trinajstić information content (AvgIpc) is 3.49. The third-order valence-corrected chi connectivity index (χ3v) is 7.17. The number of fused-ring (bicyclic) bond motifs is 1. The molecule has 0 aliphatic rings. The minimum atomic E-state index is -0.494. The van der Waals surface area contributed by atoms with Crippen LogP contribution in [-0.4, -0.2) is 25.3 Å². The van der Waals surface area contributed by atoms with E-state index in [9.17, 15) is 9.59 Å². The lowest BCUT2D eigenvalue weighted by Gasteiger charge is -2.16. The molecule has 222 valence electrons. The molecule has 0 aliphatic heterocycles. The SMILES string of the molecule is CCOCn1cnc2c1c(=O)n(Cc1ccc(OCc3ccccc3)c(OCc3ccccc3)c1)c(=O)n2-c1ccccc1. The van der Waals surface area contributed by atoms with Crippen molar-refractivity contribution >= 4 is 11.2 Å². The van der Waals surface area contributed by atoms with E-state index in [4.69, 9.17) is 14.2 Å². The Labute approximate surface area is 254 Å². The molecule has 0 saturated heterocycles. The third kappa shape index (κ3) is 6.18. The van der Waals surface area contributed by atoms with Gasteiger partial charge in [-0.3, -0.25) is 9.36 Å². The number of ether oxygens (including phenoxy) is 3. The van der Waals surface area contributed by atoms with Crippen molar-refractivity contribution in [2.24, 2.45) is 0 Å². The molecule has 0 N–H and O–H groups in total. The van der Waals surface area contributed by atoms with Crippen molar-refractivity contribution in [3.8, 4) is 17.2 Å². The second-order valence-electron chi connectivity index (χ2n) is 10.2. The highest BCUT2D eigenvalue weighted by atomic mass is 16.5. The van der Waals surface area contributed by atoms with E-state index in [2.05, 4.69) is 4.98 Å². The summed E-state index contributed by atoms with van der Waals surface area (Å²) in [6.45, 7) is 3.19. The predicted molar refractivity (Wildman–Crippen MR) is 168 cm³/mol. The van der Waals surface area contributed by atoms with E-state index in [1.165, 1.54) is 15.5 Å². The lowest BCUT2D eigenvalue weighted by molar-refractivity contribution is 0.0903. The van der Waals surface area contributed by atoms with Crippen molar-refractivity contribution in [3.63, 3.8) is 0 Å². The molecule has 44 heavy (non-hydrogen) atoms. The summed E-state index contributed by atoms with van der Waals surface area (Å²) >= 11 is 0. The van der Waals surface area contributed by atoms with Crippen LogP contribution in [0.3, 0.4) is 0 Å². The number of hydrogen-bond donors (Lipinski definition) is 0. The van der Waals surface area contributed by atoms with Gasteiger partial charge in [-0.15, -0.1) is 0 Å². The van der Waals surface area contributed by atoms with Crippen molar-refractivity contribution in [2.75, 3.05) is 6.61 Å². The summed E-state index contributed by atoms with van der Waals surface area (Å²) < 4.78 is 22.3. The van der Waals surface area contributed by atoms with Crippen LogP contribution in [0.15, 0.2) is 125 Å². The molecule has 4 aromatic carbocycles. The third-order valence-electron chi connectivity index (χ3n) is 7.17. The zero-order chi connectivity index (χ0) is 30.3. The van der Waals surface area contributed by atoms with Crippen molar-refractivity contribution in [1.82, 2.24) is 18.7 Å². The highest BCUT2D eigenvalue weighted by Crippen LogP contribution is 2.30. The molecule has 0 saturated carbocycles. The Hall–Kier alpha value is -5.41. The van der Waals surface area contributed by atoms with Crippen LogP contribution in [0.1, 0.15) is 23.6 Å². The van der Waals surface area contributed by atoms with Gasteiger partial charge in [0.1, 0.15) is 19.9 Å². The first-order chi connectivity index (χ1) is 21.6. The van der Waals surface area contributed by atoms with Crippen LogP contribution >= 0.6 is 0 Å². The molecule has 6 aromatic rings. The van der Waals surface area contributed by atoms with Gasteiger partial charge in [0.25, 0.3) is 5.56 Å². The molecule has 2 aromatic heterocycles. The Morgan fingerprint density at radius 3 is 1.95 bits per heavy atom. The van der Waals surface area contributed by atoms with Crippen LogP contribution < -0.4 is 20.7 Å². The molecule has 0 aliphatic carbocycles. The maximum Gasteiger partial charge on any atom is 0.337 e. The smallest absolute Gasteiger partial charge is 0.337 e. The molecule has 2 heterocycles. The Balaban J connectivity index is 1.40. The highest BCUT2D eigenvalue weighted by molar-refractivity contribution is 5.72. The van der Waals surface area contributed by atoms with Crippen LogP contribution in [0.25, 0.3) is 16.9 Å². The summed E-state index contributed by atoms with van der Waals surface area (Å²) in [6.07, 6.45) is 1.53. The van der Waals surface area contributed by atoms with Gasteiger partial charge in [-0.1, -0.05) is 84.9 Å². The molecular formula is C35H32N4O5. The average molecular weight is 589 g/mol. The minimum Gasteiger partial charge on any atom is -0.485 e. The molecule has 6 rings (SSSR count). The first-order valence-electron chi connectivity index (χ1n) is 14.4. The molecular weight excluding hydrogens is 556 g/mol. The van der Waals surface area contributed by atoms with Gasteiger partial charge < -0.3 is 18.8 Å². The van der Waals surface area contributed by atoms with E-state index in [0.717, 1.165) is 11.1 Å². The number of aromatic nitrogens is 4. The predicted octanol–water partition coefficient (Wildman–Crippen LogP) is 5.55. The van der Waals surface area contributed by atoms with Gasteiger partial charge in [-0.25, -0.2) is 14.3 Å². The quantitative estimate of drug-likeness (QED) is 0.186. The first-order valence-corrected chi connectivity index (χ1v) is 14.4. The summed E-state index contributed by atoms with van der Waals surface area (Å²) in [7, 11) is 0. The van der Waals surface area contributed by atoms with E-state index < -0.39 is 11.2 Å².